The van der Waals surface area contributed by atoms with Gasteiger partial charge in [0, 0.05) is 0 Å². The van der Waals surface area contributed by atoms with Gasteiger partial charge in [-0.05, 0) is 85.0 Å². The Balaban J connectivity index is 1.55. The van der Waals surface area contributed by atoms with Crippen LogP contribution >= 0.6 is 0 Å². The van der Waals surface area contributed by atoms with Crippen LogP contribution in [-0.2, 0) is 15.7 Å². The Morgan fingerprint density at radius 1 is 0.861 bits per heavy atom. The largest absolute Gasteiger partial charge is 0.490 e. The number of esters is 1. The lowest BCUT2D eigenvalue weighted by Gasteiger charge is -2.16. The standard InChI is InChI=1S/C29H29F3O4/c1-4-27(28(33)34-5-2)36-26-16-14-25(15-17-26)35-19-18-20(3)21-6-8-22(9-7-21)23-10-12-24(13-11-23)29(30,31)32/h6-18,27H,4-5,19H2,1-3H3/b20-18+. The van der Waals surface area contributed by atoms with Gasteiger partial charge in [-0.1, -0.05) is 43.3 Å². The quantitative estimate of drug-likeness (QED) is 0.270. The molecule has 1 atom stereocenters. The molecule has 36 heavy (non-hydrogen) atoms. The van der Waals surface area contributed by atoms with Crippen molar-refractivity contribution in [2.75, 3.05) is 13.2 Å². The highest BCUT2D eigenvalue weighted by molar-refractivity contribution is 5.75. The number of carbonyl (C=O) groups is 1. The van der Waals surface area contributed by atoms with Crippen molar-refractivity contribution in [1.29, 1.82) is 0 Å². The van der Waals surface area contributed by atoms with Crippen molar-refractivity contribution in [3.63, 3.8) is 0 Å². The topological polar surface area (TPSA) is 44.8 Å². The first-order chi connectivity index (χ1) is 17.2. The summed E-state index contributed by atoms with van der Waals surface area (Å²) in [6.45, 7) is 6.24. The smallest absolute Gasteiger partial charge is 0.416 e. The Hall–Kier alpha value is -3.74. The van der Waals surface area contributed by atoms with E-state index in [1.165, 1.54) is 12.1 Å². The van der Waals surface area contributed by atoms with Crippen LogP contribution in [-0.4, -0.2) is 25.3 Å². The van der Waals surface area contributed by atoms with Gasteiger partial charge in [0.05, 0.1) is 12.2 Å². The van der Waals surface area contributed by atoms with Gasteiger partial charge in [0.2, 0.25) is 0 Å². The molecule has 0 bridgehead atoms. The Kier molecular flexibility index (Phi) is 9.17. The molecule has 0 radical (unpaired) electrons. The summed E-state index contributed by atoms with van der Waals surface area (Å²) in [7, 11) is 0. The number of rotatable bonds is 10. The first kappa shape index (κ1) is 26.9. The fourth-order valence-corrected chi connectivity index (χ4v) is 3.47. The second kappa shape index (κ2) is 12.3. The summed E-state index contributed by atoms with van der Waals surface area (Å²) in [5.74, 6) is 0.837. The summed E-state index contributed by atoms with van der Waals surface area (Å²) >= 11 is 0. The molecule has 0 aliphatic carbocycles. The van der Waals surface area contributed by atoms with Crippen LogP contribution in [0.5, 0.6) is 11.5 Å². The molecule has 190 valence electrons. The highest BCUT2D eigenvalue weighted by Crippen LogP contribution is 2.31. The van der Waals surface area contributed by atoms with Crippen LogP contribution in [0.2, 0.25) is 0 Å². The summed E-state index contributed by atoms with van der Waals surface area (Å²) in [5, 5.41) is 0. The number of allylic oxidation sites excluding steroid dienone is 1. The second-order valence-corrected chi connectivity index (χ2v) is 8.09. The van der Waals surface area contributed by atoms with Gasteiger partial charge >= 0.3 is 12.1 Å². The maximum absolute atomic E-state index is 12.8. The molecule has 0 heterocycles. The van der Waals surface area contributed by atoms with E-state index in [9.17, 15) is 18.0 Å². The van der Waals surface area contributed by atoms with Crippen molar-refractivity contribution in [1.82, 2.24) is 0 Å². The van der Waals surface area contributed by atoms with Gasteiger partial charge < -0.3 is 14.2 Å². The van der Waals surface area contributed by atoms with E-state index in [0.29, 0.717) is 31.1 Å². The molecule has 0 spiro atoms. The minimum Gasteiger partial charge on any atom is -0.490 e. The summed E-state index contributed by atoms with van der Waals surface area (Å²) in [6, 6.07) is 19.8. The molecule has 3 rings (SSSR count). The fourth-order valence-electron chi connectivity index (χ4n) is 3.47. The van der Waals surface area contributed by atoms with Gasteiger partial charge in [0.15, 0.2) is 6.10 Å². The Labute approximate surface area is 209 Å². The van der Waals surface area contributed by atoms with Crippen LogP contribution in [0, 0.1) is 0 Å². The molecule has 4 nitrogen and oxygen atoms in total. The average molecular weight is 499 g/mol. The summed E-state index contributed by atoms with van der Waals surface area (Å²) in [5.41, 5.74) is 2.90. The Bertz CT molecular complexity index is 1150. The molecule has 0 saturated heterocycles. The highest BCUT2D eigenvalue weighted by Gasteiger charge is 2.29. The maximum atomic E-state index is 12.8. The number of carbonyl (C=O) groups excluding carboxylic acids is 1. The third-order valence-electron chi connectivity index (χ3n) is 5.55. The van der Waals surface area contributed by atoms with E-state index in [1.54, 1.807) is 31.2 Å². The number of alkyl halides is 3. The second-order valence-electron chi connectivity index (χ2n) is 8.09. The highest BCUT2D eigenvalue weighted by atomic mass is 19.4. The summed E-state index contributed by atoms with van der Waals surface area (Å²) in [6.07, 6.45) is -2.53. The number of benzene rings is 3. The predicted octanol–water partition coefficient (Wildman–Crippen LogP) is 7.58. The van der Waals surface area contributed by atoms with Crippen molar-refractivity contribution >= 4 is 11.5 Å². The van der Waals surface area contributed by atoms with Gasteiger partial charge in [-0.25, -0.2) is 4.79 Å². The van der Waals surface area contributed by atoms with Crippen LogP contribution in [0.25, 0.3) is 16.7 Å². The van der Waals surface area contributed by atoms with Gasteiger partial charge in [0.1, 0.15) is 18.1 Å². The zero-order valence-corrected chi connectivity index (χ0v) is 20.5. The zero-order valence-electron chi connectivity index (χ0n) is 20.5. The van der Waals surface area contributed by atoms with Crippen molar-refractivity contribution in [2.24, 2.45) is 0 Å². The van der Waals surface area contributed by atoms with Crippen LogP contribution in [0.3, 0.4) is 0 Å². The van der Waals surface area contributed by atoms with E-state index in [4.69, 9.17) is 14.2 Å². The van der Waals surface area contributed by atoms with E-state index < -0.39 is 17.8 Å². The number of halogens is 3. The number of hydrogen-bond donors (Lipinski definition) is 0. The zero-order chi connectivity index (χ0) is 26.1. The van der Waals surface area contributed by atoms with E-state index in [-0.39, 0.29) is 5.97 Å². The molecule has 0 aromatic heterocycles. The van der Waals surface area contributed by atoms with E-state index >= 15 is 0 Å². The monoisotopic (exact) mass is 498 g/mol. The number of ether oxygens (including phenoxy) is 3. The third-order valence-corrected chi connectivity index (χ3v) is 5.55. The van der Waals surface area contributed by atoms with Crippen molar-refractivity contribution in [2.45, 2.75) is 39.5 Å². The van der Waals surface area contributed by atoms with Gasteiger partial charge in [-0.15, -0.1) is 0 Å². The van der Waals surface area contributed by atoms with Crippen molar-refractivity contribution < 1.29 is 32.2 Å². The molecule has 0 fully saturated rings. The minimum atomic E-state index is -4.34. The van der Waals surface area contributed by atoms with Gasteiger partial charge in [0.25, 0.3) is 0 Å². The molecule has 0 amide bonds. The normalized spacial score (nSPS) is 12.7. The first-order valence-corrected chi connectivity index (χ1v) is 11.7. The summed E-state index contributed by atoms with van der Waals surface area (Å²) in [4.78, 5) is 11.9. The lowest BCUT2D eigenvalue weighted by atomic mass is 10.00. The van der Waals surface area contributed by atoms with Gasteiger partial charge in [-0.3, -0.25) is 0 Å². The molecule has 3 aromatic rings. The van der Waals surface area contributed by atoms with Crippen LogP contribution in [0.4, 0.5) is 13.2 Å². The molecular weight excluding hydrogens is 469 g/mol. The van der Waals surface area contributed by atoms with Gasteiger partial charge in [-0.2, -0.15) is 13.2 Å². The predicted molar refractivity (Wildman–Crippen MR) is 134 cm³/mol. The van der Waals surface area contributed by atoms with Crippen molar-refractivity contribution in [3.8, 4) is 22.6 Å². The first-order valence-electron chi connectivity index (χ1n) is 11.7. The average Bonchev–Trinajstić information content (AvgIpc) is 2.88. The van der Waals surface area contributed by atoms with Crippen LogP contribution in [0.15, 0.2) is 78.9 Å². The maximum Gasteiger partial charge on any atom is 0.416 e. The third kappa shape index (κ3) is 7.38. The molecular formula is C29H29F3O4. The lowest BCUT2D eigenvalue weighted by Crippen LogP contribution is -2.28. The van der Waals surface area contributed by atoms with Crippen LogP contribution in [0.1, 0.15) is 38.3 Å². The Morgan fingerprint density at radius 3 is 1.94 bits per heavy atom. The molecule has 3 aromatic carbocycles. The molecule has 0 N–H and O–H groups in total. The molecule has 0 aliphatic heterocycles. The van der Waals surface area contributed by atoms with Crippen LogP contribution < -0.4 is 9.47 Å². The van der Waals surface area contributed by atoms with E-state index in [0.717, 1.165) is 34.4 Å². The SMILES string of the molecule is CCOC(=O)C(CC)Oc1ccc(OC/C=C(\C)c2ccc(-c3ccc(C(F)(F)F)cc3)cc2)cc1. The minimum absolute atomic E-state index is 0.307. The van der Waals surface area contributed by atoms with Crippen molar-refractivity contribution in [3.05, 3.63) is 90.0 Å². The molecule has 7 heteroatoms. The van der Waals surface area contributed by atoms with E-state index in [2.05, 4.69) is 0 Å². The fraction of sp³-hybridized carbons (Fsp3) is 0.276. The Morgan fingerprint density at radius 2 is 1.42 bits per heavy atom. The molecule has 0 saturated carbocycles. The molecule has 1 unspecified atom stereocenters. The van der Waals surface area contributed by atoms with E-state index in [1.807, 2.05) is 44.2 Å². The lowest BCUT2D eigenvalue weighted by molar-refractivity contribution is -0.151. The number of hydrogen-bond acceptors (Lipinski definition) is 4. The summed E-state index contributed by atoms with van der Waals surface area (Å²) < 4.78 is 54.8. The molecule has 0 aliphatic rings.